The van der Waals surface area contributed by atoms with Crippen LogP contribution < -0.4 is 0 Å². The van der Waals surface area contributed by atoms with Gasteiger partial charge in [-0.2, -0.15) is 0 Å². The molecular weight excluding hydrogens is 188 g/mol. The van der Waals surface area contributed by atoms with Gasteiger partial charge in [0.2, 0.25) is 0 Å². The van der Waals surface area contributed by atoms with Crippen LogP contribution >= 0.6 is 0 Å². The SMILES string of the molecule is C/C=C/[C@H](O)C[C@](C)(O)c1ccccc1. The second kappa shape index (κ2) is 5.10. The maximum atomic E-state index is 10.2. The summed E-state index contributed by atoms with van der Waals surface area (Å²) in [5.41, 5.74) is -0.159. The van der Waals surface area contributed by atoms with E-state index < -0.39 is 11.7 Å². The Morgan fingerprint density at radius 1 is 1.33 bits per heavy atom. The maximum Gasteiger partial charge on any atom is 0.0896 e. The Bertz CT molecular complexity index is 315. The van der Waals surface area contributed by atoms with Gasteiger partial charge in [-0.25, -0.2) is 0 Å². The number of aliphatic hydroxyl groups excluding tert-OH is 1. The monoisotopic (exact) mass is 206 g/mol. The smallest absolute Gasteiger partial charge is 0.0896 e. The third-order valence-corrected chi connectivity index (χ3v) is 2.42. The van der Waals surface area contributed by atoms with Gasteiger partial charge in [-0.15, -0.1) is 0 Å². The predicted molar refractivity (Wildman–Crippen MR) is 61.5 cm³/mol. The first-order valence-electron chi connectivity index (χ1n) is 5.15. The van der Waals surface area contributed by atoms with Gasteiger partial charge in [-0.1, -0.05) is 42.5 Å². The zero-order chi connectivity index (χ0) is 11.3. The summed E-state index contributed by atoms with van der Waals surface area (Å²) in [6.45, 7) is 3.56. The largest absolute Gasteiger partial charge is 0.389 e. The van der Waals surface area contributed by atoms with Crippen molar-refractivity contribution in [3.63, 3.8) is 0 Å². The van der Waals surface area contributed by atoms with Crippen LogP contribution in [0.1, 0.15) is 25.8 Å². The molecule has 0 bridgehead atoms. The van der Waals surface area contributed by atoms with Gasteiger partial charge < -0.3 is 10.2 Å². The Morgan fingerprint density at radius 2 is 1.93 bits per heavy atom. The quantitative estimate of drug-likeness (QED) is 0.742. The first-order valence-corrected chi connectivity index (χ1v) is 5.15. The van der Waals surface area contributed by atoms with E-state index in [2.05, 4.69) is 0 Å². The molecule has 0 unspecified atom stereocenters. The fourth-order valence-electron chi connectivity index (χ4n) is 1.61. The molecule has 0 saturated heterocycles. The average Bonchev–Trinajstić information content (AvgIpc) is 2.18. The highest BCUT2D eigenvalue weighted by molar-refractivity contribution is 5.21. The first-order chi connectivity index (χ1) is 7.06. The normalized spacial score (nSPS) is 17.6. The fraction of sp³-hybridized carbons (Fsp3) is 0.385. The molecule has 0 aliphatic carbocycles. The van der Waals surface area contributed by atoms with Crippen LogP contribution in [-0.4, -0.2) is 16.3 Å². The molecule has 0 radical (unpaired) electrons. The van der Waals surface area contributed by atoms with Gasteiger partial charge in [0.05, 0.1) is 11.7 Å². The van der Waals surface area contributed by atoms with Crippen LogP contribution in [-0.2, 0) is 5.60 Å². The van der Waals surface area contributed by atoms with Gasteiger partial charge in [0.25, 0.3) is 0 Å². The summed E-state index contributed by atoms with van der Waals surface area (Å²) in [6.07, 6.45) is 3.16. The van der Waals surface area contributed by atoms with Crippen molar-refractivity contribution in [3.05, 3.63) is 48.0 Å². The van der Waals surface area contributed by atoms with E-state index in [9.17, 15) is 10.2 Å². The fourth-order valence-corrected chi connectivity index (χ4v) is 1.61. The van der Waals surface area contributed by atoms with E-state index in [1.54, 1.807) is 19.1 Å². The van der Waals surface area contributed by atoms with Crippen molar-refractivity contribution in [1.82, 2.24) is 0 Å². The van der Waals surface area contributed by atoms with E-state index >= 15 is 0 Å². The molecule has 0 aliphatic rings. The minimum Gasteiger partial charge on any atom is -0.389 e. The summed E-state index contributed by atoms with van der Waals surface area (Å²) in [6, 6.07) is 9.39. The molecule has 1 rings (SSSR count). The summed E-state index contributed by atoms with van der Waals surface area (Å²) in [5, 5.41) is 19.8. The Morgan fingerprint density at radius 3 is 2.47 bits per heavy atom. The highest BCUT2D eigenvalue weighted by Crippen LogP contribution is 2.25. The molecule has 0 amide bonds. The molecule has 2 atom stereocenters. The van der Waals surface area contributed by atoms with Gasteiger partial charge in [-0.05, 0) is 19.4 Å². The van der Waals surface area contributed by atoms with Crippen LogP contribution in [0.4, 0.5) is 0 Å². The van der Waals surface area contributed by atoms with Crippen molar-refractivity contribution in [3.8, 4) is 0 Å². The molecule has 2 nitrogen and oxygen atoms in total. The second-order valence-corrected chi connectivity index (χ2v) is 3.94. The molecule has 82 valence electrons. The van der Waals surface area contributed by atoms with E-state index in [4.69, 9.17) is 0 Å². The Hall–Kier alpha value is -1.12. The van der Waals surface area contributed by atoms with Crippen LogP contribution in [0.2, 0.25) is 0 Å². The lowest BCUT2D eigenvalue weighted by molar-refractivity contribution is 0.0131. The number of allylic oxidation sites excluding steroid dienone is 1. The number of benzene rings is 1. The van der Waals surface area contributed by atoms with E-state index in [0.29, 0.717) is 6.42 Å². The van der Waals surface area contributed by atoms with Gasteiger partial charge in [0.15, 0.2) is 0 Å². The molecular formula is C13H18O2. The number of hydrogen-bond donors (Lipinski definition) is 2. The van der Waals surface area contributed by atoms with Crippen molar-refractivity contribution in [2.45, 2.75) is 32.0 Å². The van der Waals surface area contributed by atoms with Gasteiger partial charge in [0, 0.05) is 6.42 Å². The van der Waals surface area contributed by atoms with Crippen LogP contribution in [0.25, 0.3) is 0 Å². The molecule has 0 heterocycles. The molecule has 2 N–H and O–H groups in total. The lowest BCUT2D eigenvalue weighted by atomic mass is 9.90. The van der Waals surface area contributed by atoms with E-state index in [1.807, 2.05) is 37.3 Å². The number of hydrogen-bond acceptors (Lipinski definition) is 2. The zero-order valence-corrected chi connectivity index (χ0v) is 9.22. The highest BCUT2D eigenvalue weighted by Gasteiger charge is 2.25. The Balaban J connectivity index is 2.75. The Kier molecular flexibility index (Phi) is 4.06. The first kappa shape index (κ1) is 12.0. The van der Waals surface area contributed by atoms with E-state index in [1.165, 1.54) is 0 Å². The molecule has 0 spiro atoms. The van der Waals surface area contributed by atoms with Crippen molar-refractivity contribution < 1.29 is 10.2 Å². The van der Waals surface area contributed by atoms with Crippen LogP contribution in [0.5, 0.6) is 0 Å². The lowest BCUT2D eigenvalue weighted by Crippen LogP contribution is -2.26. The van der Waals surface area contributed by atoms with E-state index in [0.717, 1.165) is 5.56 Å². The molecule has 0 aromatic heterocycles. The van der Waals surface area contributed by atoms with Crippen LogP contribution in [0.3, 0.4) is 0 Å². The number of rotatable bonds is 4. The highest BCUT2D eigenvalue weighted by atomic mass is 16.3. The average molecular weight is 206 g/mol. The van der Waals surface area contributed by atoms with Crippen molar-refractivity contribution in [1.29, 1.82) is 0 Å². The molecule has 15 heavy (non-hydrogen) atoms. The van der Waals surface area contributed by atoms with Crippen LogP contribution in [0.15, 0.2) is 42.5 Å². The van der Waals surface area contributed by atoms with Crippen LogP contribution in [0, 0.1) is 0 Å². The summed E-state index contributed by atoms with van der Waals surface area (Å²) < 4.78 is 0. The van der Waals surface area contributed by atoms with E-state index in [-0.39, 0.29) is 0 Å². The molecule has 0 fully saturated rings. The summed E-state index contributed by atoms with van der Waals surface area (Å²) in [7, 11) is 0. The molecule has 1 aromatic carbocycles. The topological polar surface area (TPSA) is 40.5 Å². The summed E-state index contributed by atoms with van der Waals surface area (Å²) in [4.78, 5) is 0. The molecule has 0 aliphatic heterocycles. The van der Waals surface area contributed by atoms with Gasteiger partial charge >= 0.3 is 0 Å². The minimum atomic E-state index is -0.986. The summed E-state index contributed by atoms with van der Waals surface area (Å²) >= 11 is 0. The lowest BCUT2D eigenvalue weighted by Gasteiger charge is -2.25. The van der Waals surface area contributed by atoms with Gasteiger partial charge in [0.1, 0.15) is 0 Å². The zero-order valence-electron chi connectivity index (χ0n) is 9.22. The maximum absolute atomic E-state index is 10.2. The molecule has 2 heteroatoms. The van der Waals surface area contributed by atoms with Gasteiger partial charge in [-0.3, -0.25) is 0 Å². The predicted octanol–water partition coefficient (Wildman–Crippen LogP) is 2.22. The third kappa shape index (κ3) is 3.50. The van der Waals surface area contributed by atoms with Crippen molar-refractivity contribution in [2.75, 3.05) is 0 Å². The summed E-state index contributed by atoms with van der Waals surface area (Å²) in [5.74, 6) is 0. The second-order valence-electron chi connectivity index (χ2n) is 3.94. The number of aliphatic hydroxyl groups is 2. The molecule has 1 aromatic rings. The van der Waals surface area contributed by atoms with Crippen molar-refractivity contribution in [2.24, 2.45) is 0 Å². The van der Waals surface area contributed by atoms with Crippen molar-refractivity contribution >= 4 is 0 Å². The molecule has 0 saturated carbocycles. The Labute approximate surface area is 90.9 Å². The standard InChI is InChI=1S/C13H18O2/c1-3-7-12(14)10-13(2,15)11-8-5-4-6-9-11/h3-9,12,14-15H,10H2,1-2H3/b7-3+/t12-,13-/m0/s1. The third-order valence-electron chi connectivity index (χ3n) is 2.42. The minimum absolute atomic E-state index is 0.307.